The first-order valence-electron chi connectivity index (χ1n) is 17.5. The van der Waals surface area contributed by atoms with Gasteiger partial charge < -0.3 is 28.4 Å². The molecule has 1 aromatic heterocycles. The minimum absolute atomic E-state index is 0.221. The van der Waals surface area contributed by atoms with Gasteiger partial charge in [0.2, 0.25) is 6.79 Å². The molecule has 0 radical (unpaired) electrons. The molecule has 0 aliphatic carbocycles. The van der Waals surface area contributed by atoms with Gasteiger partial charge in [-0.3, -0.25) is 9.59 Å². The molecule has 0 bridgehead atoms. The van der Waals surface area contributed by atoms with Crippen LogP contribution in [0.3, 0.4) is 0 Å². The highest BCUT2D eigenvalue weighted by atomic mass is 16.7. The number of ether oxygens (including phenoxy) is 6. The summed E-state index contributed by atoms with van der Waals surface area (Å²) in [4.78, 5) is 32.3. The van der Waals surface area contributed by atoms with Crippen LogP contribution in [0.2, 0.25) is 0 Å². The number of nitrogens with zero attached hydrogens (tertiary/aromatic N) is 2. The van der Waals surface area contributed by atoms with Crippen molar-refractivity contribution in [2.75, 3.05) is 33.2 Å². The predicted octanol–water partition coefficient (Wildman–Crippen LogP) is 7.94. The van der Waals surface area contributed by atoms with Crippen LogP contribution in [-0.4, -0.2) is 55.1 Å². The Bertz CT molecular complexity index is 1690. The van der Waals surface area contributed by atoms with Gasteiger partial charge in [0.15, 0.2) is 11.5 Å². The molecule has 0 spiro atoms. The normalized spacial score (nSPS) is 11.6. The Kier molecular flexibility index (Phi) is 13.9. The SMILES string of the molecule is CCOC(=O)CCCOc1cccc(CCCCCCOc2cc(-c3cncnc3)cc(-c3ccc4c(c3)OCO4)c2)c1CCC(=O)OCC. The van der Waals surface area contributed by atoms with Crippen molar-refractivity contribution in [3.8, 4) is 45.3 Å². The molecule has 5 rings (SSSR count). The maximum absolute atomic E-state index is 12.2. The summed E-state index contributed by atoms with van der Waals surface area (Å²) in [7, 11) is 0. The maximum Gasteiger partial charge on any atom is 0.306 e. The fourth-order valence-corrected chi connectivity index (χ4v) is 5.86. The number of carbonyl (C=O) groups excluding carboxylic acids is 2. The number of carbonyl (C=O) groups is 2. The van der Waals surface area contributed by atoms with Crippen LogP contribution in [0.15, 0.2) is 73.3 Å². The summed E-state index contributed by atoms with van der Waals surface area (Å²) in [6.07, 6.45) is 11.7. The zero-order valence-electron chi connectivity index (χ0n) is 29.0. The first kappa shape index (κ1) is 36.2. The lowest BCUT2D eigenvalue weighted by molar-refractivity contribution is -0.144. The van der Waals surface area contributed by atoms with Crippen molar-refractivity contribution < 1.29 is 38.0 Å². The number of hydrogen-bond donors (Lipinski definition) is 0. The van der Waals surface area contributed by atoms with E-state index in [0.717, 1.165) is 82.9 Å². The van der Waals surface area contributed by atoms with Gasteiger partial charge in [-0.1, -0.05) is 31.0 Å². The van der Waals surface area contributed by atoms with Gasteiger partial charge in [-0.25, -0.2) is 9.97 Å². The van der Waals surface area contributed by atoms with E-state index in [1.54, 1.807) is 19.3 Å². The average molecular weight is 683 g/mol. The predicted molar refractivity (Wildman–Crippen MR) is 189 cm³/mol. The molecule has 0 amide bonds. The molecular formula is C40H46N2O8. The highest BCUT2D eigenvalue weighted by molar-refractivity contribution is 5.76. The molecule has 0 saturated carbocycles. The first-order chi connectivity index (χ1) is 24.5. The summed E-state index contributed by atoms with van der Waals surface area (Å²) < 4.78 is 33.7. The van der Waals surface area contributed by atoms with Crippen LogP contribution in [0.1, 0.15) is 69.9 Å². The molecule has 0 atom stereocenters. The molecule has 0 saturated heterocycles. The molecule has 2 heterocycles. The number of aromatic nitrogens is 2. The van der Waals surface area contributed by atoms with Gasteiger partial charge in [0.1, 0.15) is 17.8 Å². The van der Waals surface area contributed by atoms with Gasteiger partial charge in [-0.05, 0) is 110 Å². The van der Waals surface area contributed by atoms with Gasteiger partial charge in [0.05, 0.1) is 26.4 Å². The molecule has 3 aromatic carbocycles. The van der Waals surface area contributed by atoms with Crippen molar-refractivity contribution in [3.63, 3.8) is 0 Å². The Hall–Kier alpha value is -5.12. The third-order valence-electron chi connectivity index (χ3n) is 8.32. The van der Waals surface area contributed by atoms with E-state index in [9.17, 15) is 9.59 Å². The van der Waals surface area contributed by atoms with Crippen molar-refractivity contribution in [1.82, 2.24) is 9.97 Å². The highest BCUT2D eigenvalue weighted by Crippen LogP contribution is 2.38. The van der Waals surface area contributed by atoms with Crippen LogP contribution < -0.4 is 18.9 Å². The summed E-state index contributed by atoms with van der Waals surface area (Å²) in [5, 5.41) is 0. The van der Waals surface area contributed by atoms with E-state index in [0.29, 0.717) is 45.7 Å². The van der Waals surface area contributed by atoms with Crippen LogP contribution in [-0.2, 0) is 31.9 Å². The van der Waals surface area contributed by atoms with E-state index in [1.807, 2.05) is 43.3 Å². The first-order valence-corrected chi connectivity index (χ1v) is 17.5. The summed E-state index contributed by atoms with van der Waals surface area (Å²) in [5.41, 5.74) is 6.09. The average Bonchev–Trinajstić information content (AvgIpc) is 3.61. The quantitative estimate of drug-likeness (QED) is 0.0672. The fourth-order valence-electron chi connectivity index (χ4n) is 5.86. The zero-order valence-corrected chi connectivity index (χ0v) is 29.0. The Morgan fingerprint density at radius 1 is 0.680 bits per heavy atom. The molecular weight excluding hydrogens is 636 g/mol. The maximum atomic E-state index is 12.2. The zero-order chi connectivity index (χ0) is 35.0. The van der Waals surface area contributed by atoms with Crippen molar-refractivity contribution in [1.29, 1.82) is 0 Å². The molecule has 1 aliphatic rings. The van der Waals surface area contributed by atoms with E-state index in [4.69, 9.17) is 28.4 Å². The number of aryl methyl sites for hydroxylation is 1. The molecule has 10 heteroatoms. The van der Waals surface area contributed by atoms with Crippen LogP contribution >= 0.6 is 0 Å². The lowest BCUT2D eigenvalue weighted by Crippen LogP contribution is -2.10. The van der Waals surface area contributed by atoms with Gasteiger partial charge in [0.25, 0.3) is 0 Å². The Morgan fingerprint density at radius 3 is 2.20 bits per heavy atom. The molecule has 0 unspecified atom stereocenters. The minimum Gasteiger partial charge on any atom is -0.494 e. The summed E-state index contributed by atoms with van der Waals surface area (Å²) >= 11 is 0. The van der Waals surface area contributed by atoms with E-state index in [-0.39, 0.29) is 25.2 Å². The van der Waals surface area contributed by atoms with E-state index in [2.05, 4.69) is 28.2 Å². The third-order valence-corrected chi connectivity index (χ3v) is 8.32. The second-order valence-electron chi connectivity index (χ2n) is 11.9. The molecule has 264 valence electrons. The van der Waals surface area contributed by atoms with E-state index >= 15 is 0 Å². The molecule has 0 fully saturated rings. The minimum atomic E-state index is -0.223. The van der Waals surface area contributed by atoms with Crippen molar-refractivity contribution in [3.05, 3.63) is 84.4 Å². The largest absolute Gasteiger partial charge is 0.494 e. The summed E-state index contributed by atoms with van der Waals surface area (Å²) in [6.45, 7) is 5.55. The third kappa shape index (κ3) is 10.7. The monoisotopic (exact) mass is 682 g/mol. The number of benzene rings is 3. The molecule has 4 aromatic rings. The second kappa shape index (κ2) is 19.2. The topological polar surface area (TPSA) is 115 Å². The van der Waals surface area contributed by atoms with Gasteiger partial charge in [0, 0.05) is 30.8 Å². The highest BCUT2D eigenvalue weighted by Gasteiger charge is 2.16. The number of hydrogen-bond acceptors (Lipinski definition) is 10. The van der Waals surface area contributed by atoms with Crippen molar-refractivity contribution in [2.24, 2.45) is 0 Å². The number of esters is 2. The van der Waals surface area contributed by atoms with Crippen molar-refractivity contribution in [2.45, 2.75) is 71.6 Å². The van der Waals surface area contributed by atoms with Crippen LogP contribution in [0.25, 0.3) is 22.3 Å². The Balaban J connectivity index is 1.15. The van der Waals surface area contributed by atoms with Crippen LogP contribution in [0.5, 0.6) is 23.0 Å². The Morgan fingerprint density at radius 2 is 1.40 bits per heavy atom. The molecule has 50 heavy (non-hydrogen) atoms. The smallest absolute Gasteiger partial charge is 0.306 e. The van der Waals surface area contributed by atoms with E-state index in [1.165, 1.54) is 11.9 Å². The summed E-state index contributed by atoms with van der Waals surface area (Å²) in [6, 6.07) is 18.2. The number of fused-ring (bicyclic) bond motifs is 1. The van der Waals surface area contributed by atoms with Gasteiger partial charge in [-0.2, -0.15) is 0 Å². The van der Waals surface area contributed by atoms with Crippen LogP contribution in [0.4, 0.5) is 0 Å². The molecule has 0 N–H and O–H groups in total. The van der Waals surface area contributed by atoms with Gasteiger partial charge in [-0.15, -0.1) is 0 Å². The van der Waals surface area contributed by atoms with Crippen LogP contribution in [0, 0.1) is 0 Å². The Labute approximate surface area is 294 Å². The fraction of sp³-hybridized carbons (Fsp3) is 0.400. The lowest BCUT2D eigenvalue weighted by Gasteiger charge is -2.16. The molecule has 1 aliphatic heterocycles. The standard InChI is InChI=1S/C40H46N2O8/c1-3-45-39(43)14-10-20-48-36-13-9-12-29(35(36)16-18-40(44)46-4-2)11-7-5-6-8-19-47-34-22-31(21-32(23-34)33-25-41-27-42-26-33)30-15-17-37-38(24-30)50-28-49-37/h9,12-13,15,17,21-27H,3-8,10-11,14,16,18-20,28H2,1-2H3. The summed E-state index contributed by atoms with van der Waals surface area (Å²) in [5.74, 6) is 2.57. The van der Waals surface area contributed by atoms with Gasteiger partial charge >= 0.3 is 11.9 Å². The van der Waals surface area contributed by atoms with E-state index < -0.39 is 0 Å². The second-order valence-corrected chi connectivity index (χ2v) is 11.9. The number of unbranched alkanes of at least 4 members (excludes halogenated alkanes) is 3. The molecule has 10 nitrogen and oxygen atoms in total. The lowest BCUT2D eigenvalue weighted by atomic mass is 9.96. The number of rotatable bonds is 20. The van der Waals surface area contributed by atoms with Crippen molar-refractivity contribution >= 4 is 11.9 Å².